The van der Waals surface area contributed by atoms with Crippen molar-refractivity contribution in [3.8, 4) is 0 Å². The summed E-state index contributed by atoms with van der Waals surface area (Å²) in [5, 5.41) is 0. The number of aromatic nitrogens is 3. The van der Waals surface area contributed by atoms with Gasteiger partial charge in [-0.25, -0.2) is 0 Å². The summed E-state index contributed by atoms with van der Waals surface area (Å²) in [6.07, 6.45) is 7.98. The van der Waals surface area contributed by atoms with E-state index in [1.54, 1.807) is 11.1 Å². The lowest BCUT2D eigenvalue weighted by Gasteiger charge is -2.24. The molecule has 3 heterocycles. The Morgan fingerprint density at radius 2 is 0.522 bits per heavy atom. The Hall–Kier alpha value is -3.33. The van der Waals surface area contributed by atoms with E-state index in [0.717, 1.165) is 0 Å². The van der Waals surface area contributed by atoms with E-state index in [1.807, 2.05) is 80.2 Å². The Balaban J connectivity index is -0.000000388. The summed E-state index contributed by atoms with van der Waals surface area (Å²) in [5.41, 5.74) is 18.9. The number of hydrogen-bond acceptors (Lipinski definition) is 3. The Morgan fingerprint density at radius 1 is 0.261 bits per heavy atom. The van der Waals surface area contributed by atoms with Crippen LogP contribution in [0.25, 0.3) is 0 Å². The minimum absolute atomic E-state index is 0.515. The van der Waals surface area contributed by atoms with Crippen LogP contribution in [0.3, 0.4) is 0 Å². The number of aryl methyl sites for hydroxylation is 1. The minimum atomic E-state index is 0.515. The Morgan fingerprint density at radius 3 is 0.754 bits per heavy atom. The summed E-state index contributed by atoms with van der Waals surface area (Å²) in [6, 6.07) is 8.95. The topological polar surface area (TPSA) is 38.7 Å². The third-order valence-electron chi connectivity index (χ3n) is 11.8. The molecule has 3 heteroatoms. The smallest absolute Gasteiger partial charge is 0.0466 e. The summed E-state index contributed by atoms with van der Waals surface area (Å²) >= 11 is 0. The van der Waals surface area contributed by atoms with Crippen molar-refractivity contribution in [2.75, 3.05) is 0 Å². The molecule has 0 aliphatic carbocycles. The summed E-state index contributed by atoms with van der Waals surface area (Å²) in [5.74, 6) is 6.90. The van der Waals surface area contributed by atoms with Gasteiger partial charge in [0.15, 0.2) is 0 Å². The van der Waals surface area contributed by atoms with Crippen molar-refractivity contribution < 1.29 is 0 Å². The molecule has 0 atom stereocenters. The monoisotopic (exact) mass is 954 g/mol. The van der Waals surface area contributed by atoms with Crippen LogP contribution < -0.4 is 0 Å². The molecular formula is C66H119N3. The maximum absolute atomic E-state index is 4.54. The molecule has 0 spiro atoms. The number of benzene rings is 1. The lowest BCUT2D eigenvalue weighted by Crippen LogP contribution is -2.07. The summed E-state index contributed by atoms with van der Waals surface area (Å²) in [6.45, 7) is 72.5. The second kappa shape index (κ2) is 38.4. The molecule has 3 aromatic heterocycles. The number of pyridine rings is 3. The van der Waals surface area contributed by atoms with Gasteiger partial charge in [0, 0.05) is 36.2 Å². The standard InChI is InChI=1S/C16H26.3C14H23N.4C2H6/c1-10(2)14-9-8-13(7)15(11(3)4)16(14)12(5)6;1-9(2)12-7-15-8-13(10(3)4)14(12)11(5)6;2*1-9(2)12-7-8-15-14(11(5)6)13(12)10(3)4;4*1-2/h8-12H,1-7H3;3*7-11H,1-6H3;4*1-2H3. The first-order valence-corrected chi connectivity index (χ1v) is 28.3. The average Bonchev–Trinajstić information content (AvgIpc) is 3.30. The first-order valence-electron chi connectivity index (χ1n) is 28.3. The van der Waals surface area contributed by atoms with Gasteiger partial charge in [-0.15, -0.1) is 0 Å². The highest BCUT2D eigenvalue weighted by molar-refractivity contribution is 5.46. The van der Waals surface area contributed by atoms with E-state index >= 15 is 0 Å². The van der Waals surface area contributed by atoms with Crippen molar-refractivity contribution in [2.45, 2.75) is 299 Å². The number of hydrogen-bond donors (Lipinski definition) is 0. The van der Waals surface area contributed by atoms with Crippen molar-refractivity contribution in [3.63, 3.8) is 0 Å². The molecule has 0 radical (unpaired) electrons. The van der Waals surface area contributed by atoms with E-state index in [4.69, 9.17) is 0 Å². The van der Waals surface area contributed by atoms with Gasteiger partial charge in [-0.1, -0.05) is 234 Å². The van der Waals surface area contributed by atoms with E-state index in [9.17, 15) is 0 Å². The molecule has 0 aliphatic heterocycles. The van der Waals surface area contributed by atoms with Crippen molar-refractivity contribution in [1.29, 1.82) is 0 Å². The maximum atomic E-state index is 4.54. The fourth-order valence-electron chi connectivity index (χ4n) is 8.96. The van der Waals surface area contributed by atoms with Gasteiger partial charge in [-0.3, -0.25) is 15.0 Å². The largest absolute Gasteiger partial charge is 0.264 e. The normalized spacial score (nSPS) is 10.8. The Labute approximate surface area is 434 Å². The first-order chi connectivity index (χ1) is 32.2. The molecule has 4 rings (SSSR count). The second-order valence-electron chi connectivity index (χ2n) is 21.3. The highest BCUT2D eigenvalue weighted by Crippen LogP contribution is 2.36. The molecule has 1 aromatic carbocycles. The van der Waals surface area contributed by atoms with Crippen LogP contribution in [0.15, 0.2) is 49.1 Å². The summed E-state index contributed by atoms with van der Waals surface area (Å²) < 4.78 is 0. The van der Waals surface area contributed by atoms with Crippen LogP contribution in [0.2, 0.25) is 0 Å². The minimum Gasteiger partial charge on any atom is -0.264 e. The van der Waals surface area contributed by atoms with E-state index < -0.39 is 0 Å². The van der Waals surface area contributed by atoms with E-state index in [-0.39, 0.29) is 0 Å². The van der Waals surface area contributed by atoms with Gasteiger partial charge in [0.25, 0.3) is 0 Å². The highest BCUT2D eigenvalue weighted by atomic mass is 14.7. The predicted octanol–water partition coefficient (Wildman–Crippen LogP) is 22.8. The van der Waals surface area contributed by atoms with Crippen LogP contribution in [-0.4, -0.2) is 15.0 Å². The molecule has 0 amide bonds. The van der Waals surface area contributed by atoms with Gasteiger partial charge in [0.1, 0.15) is 0 Å². The molecule has 0 saturated heterocycles. The van der Waals surface area contributed by atoms with Crippen molar-refractivity contribution in [1.82, 2.24) is 15.0 Å². The van der Waals surface area contributed by atoms with Crippen LogP contribution >= 0.6 is 0 Å². The first kappa shape index (κ1) is 72.2. The molecule has 0 bridgehead atoms. The fourth-order valence-corrected chi connectivity index (χ4v) is 8.96. The van der Waals surface area contributed by atoms with E-state index in [0.29, 0.717) is 71.0 Å². The van der Waals surface area contributed by atoms with E-state index in [1.165, 1.54) is 61.5 Å². The number of rotatable bonds is 12. The van der Waals surface area contributed by atoms with Crippen LogP contribution in [-0.2, 0) is 0 Å². The van der Waals surface area contributed by atoms with Crippen LogP contribution in [0, 0.1) is 6.92 Å². The molecule has 0 unspecified atom stereocenters. The SMILES string of the molecule is CC.CC.CC.CC.CC(C)c1ccnc(C(C)C)c1C(C)C.CC(C)c1ccnc(C(C)C)c1C(C)C.CC(C)c1cncc(C(C)C)c1C(C)C.Cc1ccc(C(C)C)c(C(C)C)c1C(C)C. The predicted molar refractivity (Wildman–Crippen MR) is 318 cm³/mol. The summed E-state index contributed by atoms with van der Waals surface area (Å²) in [7, 11) is 0. The van der Waals surface area contributed by atoms with Crippen LogP contribution in [0.4, 0.5) is 0 Å². The van der Waals surface area contributed by atoms with Gasteiger partial charge in [-0.2, -0.15) is 0 Å². The zero-order chi connectivity index (χ0) is 55.2. The fraction of sp³-hybridized carbons (Fsp3) is 0.682. The van der Waals surface area contributed by atoms with Crippen LogP contribution in [0.1, 0.15) is 365 Å². The van der Waals surface area contributed by atoms with Gasteiger partial charge < -0.3 is 0 Å². The molecule has 4 aromatic rings. The average molecular weight is 955 g/mol. The van der Waals surface area contributed by atoms with Crippen molar-refractivity contribution >= 4 is 0 Å². The lowest BCUT2D eigenvalue weighted by molar-refractivity contribution is 0.723. The Bertz CT molecular complexity index is 1640. The molecule has 3 nitrogen and oxygen atoms in total. The molecule has 0 N–H and O–H groups in total. The van der Waals surface area contributed by atoms with E-state index in [2.05, 4.69) is 212 Å². The molecule has 69 heavy (non-hydrogen) atoms. The van der Waals surface area contributed by atoms with Gasteiger partial charge in [0.2, 0.25) is 0 Å². The highest BCUT2D eigenvalue weighted by Gasteiger charge is 2.20. The third kappa shape index (κ3) is 23.6. The molecule has 0 aliphatic rings. The van der Waals surface area contributed by atoms with Gasteiger partial charge >= 0.3 is 0 Å². The maximum Gasteiger partial charge on any atom is 0.0466 e. The molecule has 0 fully saturated rings. The summed E-state index contributed by atoms with van der Waals surface area (Å²) in [4.78, 5) is 13.5. The zero-order valence-electron chi connectivity index (χ0n) is 52.4. The second-order valence-corrected chi connectivity index (χ2v) is 21.3. The number of nitrogens with zero attached hydrogens (tertiary/aromatic N) is 3. The van der Waals surface area contributed by atoms with Gasteiger partial charge in [0.05, 0.1) is 0 Å². The quantitative estimate of drug-likeness (QED) is 0.142. The molecule has 0 saturated carbocycles. The third-order valence-corrected chi connectivity index (χ3v) is 11.8. The molecular weight excluding hydrogens is 835 g/mol. The van der Waals surface area contributed by atoms with Crippen molar-refractivity contribution in [2.24, 2.45) is 0 Å². The lowest BCUT2D eigenvalue weighted by atomic mass is 9.81. The van der Waals surface area contributed by atoms with Gasteiger partial charge in [-0.05, 0) is 151 Å². The van der Waals surface area contributed by atoms with Crippen molar-refractivity contribution in [3.05, 3.63) is 122 Å². The molecule has 398 valence electrons. The zero-order valence-corrected chi connectivity index (χ0v) is 52.4. The van der Waals surface area contributed by atoms with Crippen LogP contribution in [0.5, 0.6) is 0 Å². The Kier molecular flexibility index (Phi) is 40.1.